The largest absolute Gasteiger partial charge is 0.504 e. The Hall–Kier alpha value is -1.98. The van der Waals surface area contributed by atoms with E-state index in [0.29, 0.717) is 18.3 Å². The maximum Gasteiger partial charge on any atom is 0.162 e. The first-order chi connectivity index (χ1) is 12.5. The van der Waals surface area contributed by atoms with Crippen LogP contribution in [0, 0.1) is 5.92 Å². The molecular formula is C21H25BrN2O2. The van der Waals surface area contributed by atoms with Gasteiger partial charge in [-0.15, -0.1) is 0 Å². The fourth-order valence-electron chi connectivity index (χ4n) is 3.10. The number of phenols is 1. The summed E-state index contributed by atoms with van der Waals surface area (Å²) in [5.41, 5.74) is 2.97. The topological polar surface area (TPSA) is 53.5 Å². The second kappa shape index (κ2) is 8.14. The number of para-hydroxylation sites is 1. The minimum Gasteiger partial charge on any atom is -0.504 e. The summed E-state index contributed by atoms with van der Waals surface area (Å²) < 4.78 is 6.59. The van der Waals surface area contributed by atoms with Gasteiger partial charge < -0.3 is 15.2 Å². The molecule has 1 heterocycles. The second-order valence-corrected chi connectivity index (χ2v) is 7.64. The van der Waals surface area contributed by atoms with E-state index in [1.165, 1.54) is 0 Å². The van der Waals surface area contributed by atoms with Crippen LogP contribution in [0.3, 0.4) is 0 Å². The molecule has 0 spiro atoms. The molecule has 0 bridgehead atoms. The Morgan fingerprint density at radius 1 is 1.19 bits per heavy atom. The lowest BCUT2D eigenvalue weighted by Crippen LogP contribution is -2.49. The van der Waals surface area contributed by atoms with Crippen molar-refractivity contribution in [3.05, 3.63) is 64.1 Å². The van der Waals surface area contributed by atoms with Gasteiger partial charge in [0.05, 0.1) is 18.8 Å². The van der Waals surface area contributed by atoms with E-state index in [1.54, 1.807) is 6.07 Å². The SMILES string of the molecule is CCOc1cccc(C2C=C(c3cccc(Br)c3)NC(C(C)C)N2)c1O. The van der Waals surface area contributed by atoms with Gasteiger partial charge in [-0.25, -0.2) is 0 Å². The summed E-state index contributed by atoms with van der Waals surface area (Å²) in [7, 11) is 0. The Morgan fingerprint density at radius 3 is 2.65 bits per heavy atom. The summed E-state index contributed by atoms with van der Waals surface area (Å²) in [4.78, 5) is 0. The van der Waals surface area contributed by atoms with Crippen LogP contribution >= 0.6 is 15.9 Å². The lowest BCUT2D eigenvalue weighted by Gasteiger charge is -2.35. The monoisotopic (exact) mass is 416 g/mol. The minimum absolute atomic E-state index is 0.0918. The van der Waals surface area contributed by atoms with Crippen LogP contribution in [0.5, 0.6) is 11.5 Å². The molecule has 26 heavy (non-hydrogen) atoms. The van der Waals surface area contributed by atoms with Gasteiger partial charge in [0, 0.05) is 15.7 Å². The Balaban J connectivity index is 2.02. The number of hydrogen-bond acceptors (Lipinski definition) is 4. The molecule has 0 radical (unpaired) electrons. The van der Waals surface area contributed by atoms with E-state index in [1.807, 2.05) is 31.2 Å². The molecule has 0 aromatic heterocycles. The smallest absolute Gasteiger partial charge is 0.162 e. The summed E-state index contributed by atoms with van der Waals surface area (Å²) in [5, 5.41) is 17.8. The number of hydrogen-bond donors (Lipinski definition) is 3. The Morgan fingerprint density at radius 2 is 1.96 bits per heavy atom. The van der Waals surface area contributed by atoms with Crippen LogP contribution in [-0.4, -0.2) is 17.9 Å². The van der Waals surface area contributed by atoms with Crippen LogP contribution < -0.4 is 15.4 Å². The van der Waals surface area contributed by atoms with Crippen LogP contribution in [0.1, 0.15) is 37.9 Å². The van der Waals surface area contributed by atoms with E-state index < -0.39 is 0 Å². The van der Waals surface area contributed by atoms with Crippen molar-refractivity contribution in [3.8, 4) is 11.5 Å². The van der Waals surface area contributed by atoms with E-state index in [4.69, 9.17) is 4.74 Å². The van der Waals surface area contributed by atoms with Gasteiger partial charge in [0.1, 0.15) is 0 Å². The van der Waals surface area contributed by atoms with Gasteiger partial charge in [-0.2, -0.15) is 0 Å². The molecule has 1 aliphatic rings. The van der Waals surface area contributed by atoms with E-state index in [0.717, 1.165) is 21.3 Å². The van der Waals surface area contributed by atoms with Crippen LogP contribution in [0.15, 0.2) is 53.0 Å². The maximum atomic E-state index is 10.7. The highest BCUT2D eigenvalue weighted by molar-refractivity contribution is 9.10. The van der Waals surface area contributed by atoms with Crippen molar-refractivity contribution in [3.63, 3.8) is 0 Å². The number of phenolic OH excluding ortho intramolecular Hbond substituents is 1. The van der Waals surface area contributed by atoms with Crippen molar-refractivity contribution in [1.29, 1.82) is 0 Å². The summed E-state index contributed by atoms with van der Waals surface area (Å²) in [5.74, 6) is 1.09. The molecule has 4 nitrogen and oxygen atoms in total. The molecular weight excluding hydrogens is 392 g/mol. The minimum atomic E-state index is -0.113. The van der Waals surface area contributed by atoms with Crippen LogP contribution in [0.25, 0.3) is 5.70 Å². The molecule has 1 aliphatic heterocycles. The Labute approximate surface area is 163 Å². The Kier molecular flexibility index (Phi) is 5.89. The fourth-order valence-corrected chi connectivity index (χ4v) is 3.50. The summed E-state index contributed by atoms with van der Waals surface area (Å²) >= 11 is 3.54. The molecule has 3 rings (SSSR count). The normalized spacial score (nSPS) is 19.8. The van der Waals surface area contributed by atoms with Crippen LogP contribution in [0.4, 0.5) is 0 Å². The summed E-state index contributed by atoms with van der Waals surface area (Å²) in [6.07, 6.45) is 2.21. The van der Waals surface area contributed by atoms with Gasteiger partial charge in [0.25, 0.3) is 0 Å². The molecule has 0 saturated heterocycles. The predicted molar refractivity (Wildman–Crippen MR) is 109 cm³/mol. The van der Waals surface area contributed by atoms with E-state index in [9.17, 15) is 5.11 Å². The highest BCUT2D eigenvalue weighted by atomic mass is 79.9. The molecule has 0 amide bonds. The molecule has 5 heteroatoms. The zero-order valence-electron chi connectivity index (χ0n) is 15.3. The van der Waals surface area contributed by atoms with Crippen molar-refractivity contribution < 1.29 is 9.84 Å². The highest BCUT2D eigenvalue weighted by Gasteiger charge is 2.27. The Bertz CT molecular complexity index is 804. The zero-order chi connectivity index (χ0) is 18.7. The lowest BCUT2D eigenvalue weighted by atomic mass is 9.97. The van der Waals surface area contributed by atoms with Gasteiger partial charge in [-0.1, -0.05) is 54.0 Å². The molecule has 2 aromatic carbocycles. The van der Waals surface area contributed by atoms with Crippen molar-refractivity contribution >= 4 is 21.6 Å². The average Bonchev–Trinajstić information content (AvgIpc) is 2.63. The van der Waals surface area contributed by atoms with Gasteiger partial charge in [-0.05, 0) is 42.7 Å². The van der Waals surface area contributed by atoms with E-state index in [2.05, 4.69) is 58.6 Å². The average molecular weight is 417 g/mol. The molecule has 0 fully saturated rings. The highest BCUT2D eigenvalue weighted by Crippen LogP contribution is 2.37. The quantitative estimate of drug-likeness (QED) is 0.654. The third kappa shape index (κ3) is 4.05. The fraction of sp³-hybridized carbons (Fsp3) is 0.333. The number of nitrogens with one attached hydrogen (secondary N) is 2. The molecule has 138 valence electrons. The maximum absolute atomic E-state index is 10.7. The van der Waals surface area contributed by atoms with Crippen molar-refractivity contribution in [2.75, 3.05) is 6.61 Å². The number of ether oxygens (including phenoxy) is 1. The third-order valence-electron chi connectivity index (χ3n) is 4.47. The molecule has 3 N–H and O–H groups in total. The molecule has 2 aromatic rings. The zero-order valence-corrected chi connectivity index (χ0v) is 16.9. The van der Waals surface area contributed by atoms with E-state index >= 15 is 0 Å². The van der Waals surface area contributed by atoms with Gasteiger partial charge in [-0.3, -0.25) is 5.32 Å². The van der Waals surface area contributed by atoms with Crippen molar-refractivity contribution in [1.82, 2.24) is 10.6 Å². The number of aromatic hydroxyl groups is 1. The van der Waals surface area contributed by atoms with Crippen LogP contribution in [-0.2, 0) is 0 Å². The van der Waals surface area contributed by atoms with E-state index in [-0.39, 0.29) is 18.0 Å². The molecule has 0 saturated carbocycles. The first kappa shape index (κ1) is 18.8. The van der Waals surface area contributed by atoms with Crippen molar-refractivity contribution in [2.45, 2.75) is 33.0 Å². The number of rotatable bonds is 5. The second-order valence-electron chi connectivity index (χ2n) is 6.73. The lowest BCUT2D eigenvalue weighted by molar-refractivity contribution is 0.309. The number of halogens is 1. The van der Waals surface area contributed by atoms with Gasteiger partial charge >= 0.3 is 0 Å². The standard InChI is InChI=1S/C21H25BrN2O2/c1-4-26-19-10-6-9-16(20(19)25)18-12-17(23-21(24-18)13(2)3)14-7-5-8-15(22)11-14/h5-13,18,21,23-25H,4H2,1-3H3. The number of benzene rings is 2. The molecule has 2 unspecified atom stereocenters. The summed E-state index contributed by atoms with van der Waals surface area (Å²) in [6.45, 7) is 6.77. The van der Waals surface area contributed by atoms with Gasteiger partial charge in [0.15, 0.2) is 11.5 Å². The molecule has 0 aliphatic carbocycles. The third-order valence-corrected chi connectivity index (χ3v) is 4.96. The van der Waals surface area contributed by atoms with Crippen molar-refractivity contribution in [2.24, 2.45) is 5.92 Å². The molecule has 2 atom stereocenters. The van der Waals surface area contributed by atoms with Crippen LogP contribution in [0.2, 0.25) is 0 Å². The predicted octanol–water partition coefficient (Wildman–Crippen LogP) is 4.81. The first-order valence-electron chi connectivity index (χ1n) is 8.94. The summed E-state index contributed by atoms with van der Waals surface area (Å²) in [6, 6.07) is 13.7. The van der Waals surface area contributed by atoms with Gasteiger partial charge in [0.2, 0.25) is 0 Å². The first-order valence-corrected chi connectivity index (χ1v) is 9.74.